The molecule has 0 aliphatic heterocycles. The number of carboxylic acids is 1. The van der Waals surface area contributed by atoms with Gasteiger partial charge in [0.1, 0.15) is 5.82 Å². The van der Waals surface area contributed by atoms with Crippen LogP contribution in [0.4, 0.5) is 5.82 Å². The fourth-order valence-corrected chi connectivity index (χ4v) is 2.36. The number of anilines is 1. The fourth-order valence-electron chi connectivity index (χ4n) is 2.16. The zero-order valence-electron chi connectivity index (χ0n) is 12.2. The van der Waals surface area contributed by atoms with Crippen LogP contribution in [0.25, 0.3) is 0 Å². The maximum atomic E-state index is 11.0. The number of nitrogens with zero attached hydrogens (tertiary/aromatic N) is 2. The summed E-state index contributed by atoms with van der Waals surface area (Å²) in [5.74, 6) is -0.234. The largest absolute Gasteiger partial charge is 0.478 e. The Bertz CT molecular complexity index is 673. The van der Waals surface area contributed by atoms with Crippen LogP contribution < -0.4 is 4.90 Å². The first-order valence-corrected chi connectivity index (χ1v) is 6.97. The van der Waals surface area contributed by atoms with Crippen molar-refractivity contribution in [2.24, 2.45) is 0 Å². The molecule has 0 bridgehead atoms. The van der Waals surface area contributed by atoms with Crippen LogP contribution in [0.3, 0.4) is 0 Å². The van der Waals surface area contributed by atoms with Crippen molar-refractivity contribution in [3.8, 4) is 0 Å². The zero-order chi connectivity index (χ0) is 15.6. The number of aryl methyl sites for hydroxylation is 1. The van der Waals surface area contributed by atoms with Gasteiger partial charge in [0.2, 0.25) is 0 Å². The SMILES string of the molecule is Cc1nc(N(C)C(C)c2cccc(Cl)c2)ccc1C(=O)O. The van der Waals surface area contributed by atoms with Crippen LogP contribution in [0, 0.1) is 6.92 Å². The summed E-state index contributed by atoms with van der Waals surface area (Å²) < 4.78 is 0. The monoisotopic (exact) mass is 304 g/mol. The number of hydrogen-bond donors (Lipinski definition) is 1. The second kappa shape index (κ2) is 6.14. The number of benzene rings is 1. The third-order valence-corrected chi connectivity index (χ3v) is 3.81. The van der Waals surface area contributed by atoms with Gasteiger partial charge in [0, 0.05) is 12.1 Å². The van der Waals surface area contributed by atoms with Gasteiger partial charge in [-0.3, -0.25) is 0 Å². The molecule has 5 heteroatoms. The standard InChI is InChI=1S/C16H17ClN2O2/c1-10-14(16(20)21)7-8-15(18-10)19(3)11(2)12-5-4-6-13(17)9-12/h4-9,11H,1-3H3,(H,20,21). The number of carbonyl (C=O) groups is 1. The first-order chi connectivity index (χ1) is 9.90. The minimum absolute atomic E-state index is 0.0753. The summed E-state index contributed by atoms with van der Waals surface area (Å²) in [4.78, 5) is 17.4. The molecule has 0 saturated heterocycles. The molecule has 1 heterocycles. The van der Waals surface area contributed by atoms with Crippen molar-refractivity contribution in [2.45, 2.75) is 19.9 Å². The molecule has 2 aromatic rings. The number of aromatic carboxylic acids is 1. The topological polar surface area (TPSA) is 53.4 Å². The molecular weight excluding hydrogens is 288 g/mol. The maximum Gasteiger partial charge on any atom is 0.337 e. The molecule has 4 nitrogen and oxygen atoms in total. The highest BCUT2D eigenvalue weighted by Gasteiger charge is 2.16. The highest BCUT2D eigenvalue weighted by Crippen LogP contribution is 2.26. The van der Waals surface area contributed by atoms with Gasteiger partial charge < -0.3 is 10.0 Å². The maximum absolute atomic E-state index is 11.0. The normalized spacial score (nSPS) is 12.0. The van der Waals surface area contributed by atoms with E-state index in [-0.39, 0.29) is 11.6 Å². The Labute approximate surface area is 129 Å². The van der Waals surface area contributed by atoms with Crippen molar-refractivity contribution in [3.05, 3.63) is 58.2 Å². The highest BCUT2D eigenvalue weighted by atomic mass is 35.5. The van der Waals surface area contributed by atoms with Gasteiger partial charge in [-0.1, -0.05) is 23.7 Å². The molecule has 1 aromatic heterocycles. The summed E-state index contributed by atoms with van der Waals surface area (Å²) in [5.41, 5.74) is 1.81. The fraction of sp³-hybridized carbons (Fsp3) is 0.250. The second-order valence-electron chi connectivity index (χ2n) is 4.95. The van der Waals surface area contributed by atoms with Crippen LogP contribution in [0.1, 0.15) is 34.6 Å². The van der Waals surface area contributed by atoms with Crippen molar-refractivity contribution in [2.75, 3.05) is 11.9 Å². The number of pyridine rings is 1. The Morgan fingerprint density at radius 2 is 2.05 bits per heavy atom. The van der Waals surface area contributed by atoms with Gasteiger partial charge in [-0.15, -0.1) is 0 Å². The Balaban J connectivity index is 2.29. The van der Waals surface area contributed by atoms with E-state index in [1.165, 1.54) is 0 Å². The van der Waals surface area contributed by atoms with Gasteiger partial charge in [0.25, 0.3) is 0 Å². The van der Waals surface area contributed by atoms with Gasteiger partial charge in [-0.05, 0) is 43.7 Å². The summed E-state index contributed by atoms with van der Waals surface area (Å²) in [6.07, 6.45) is 0. The highest BCUT2D eigenvalue weighted by molar-refractivity contribution is 6.30. The lowest BCUT2D eigenvalue weighted by atomic mass is 10.1. The molecule has 0 amide bonds. The van der Waals surface area contributed by atoms with Crippen LogP contribution in [-0.2, 0) is 0 Å². The molecule has 110 valence electrons. The molecule has 21 heavy (non-hydrogen) atoms. The van der Waals surface area contributed by atoms with E-state index < -0.39 is 5.97 Å². The van der Waals surface area contributed by atoms with Crippen molar-refractivity contribution in [3.63, 3.8) is 0 Å². The van der Waals surface area contributed by atoms with E-state index in [1.807, 2.05) is 43.1 Å². The molecule has 1 atom stereocenters. The van der Waals surface area contributed by atoms with E-state index >= 15 is 0 Å². The van der Waals surface area contributed by atoms with E-state index in [1.54, 1.807) is 19.1 Å². The lowest BCUT2D eigenvalue weighted by Gasteiger charge is -2.27. The lowest BCUT2D eigenvalue weighted by molar-refractivity contribution is 0.0695. The van der Waals surface area contributed by atoms with Gasteiger partial charge in [-0.2, -0.15) is 0 Å². The summed E-state index contributed by atoms with van der Waals surface area (Å²) in [6, 6.07) is 11.0. The average Bonchev–Trinajstić information content (AvgIpc) is 2.45. The lowest BCUT2D eigenvalue weighted by Crippen LogP contribution is -2.23. The molecular formula is C16H17ClN2O2. The summed E-state index contributed by atoms with van der Waals surface area (Å²) >= 11 is 6.02. The molecule has 0 radical (unpaired) electrons. The van der Waals surface area contributed by atoms with Crippen molar-refractivity contribution in [1.82, 2.24) is 4.98 Å². The van der Waals surface area contributed by atoms with Crippen LogP contribution in [-0.4, -0.2) is 23.1 Å². The molecule has 0 saturated carbocycles. The number of halogens is 1. The number of rotatable bonds is 4. The molecule has 0 aliphatic carbocycles. The van der Waals surface area contributed by atoms with E-state index in [9.17, 15) is 4.79 Å². The van der Waals surface area contributed by atoms with Gasteiger partial charge in [0.05, 0.1) is 17.3 Å². The van der Waals surface area contributed by atoms with Crippen molar-refractivity contribution >= 4 is 23.4 Å². The average molecular weight is 305 g/mol. The van der Waals surface area contributed by atoms with Crippen LogP contribution in [0.2, 0.25) is 5.02 Å². The van der Waals surface area contributed by atoms with Gasteiger partial charge >= 0.3 is 5.97 Å². The molecule has 0 spiro atoms. The van der Waals surface area contributed by atoms with E-state index in [2.05, 4.69) is 4.98 Å². The molecule has 1 unspecified atom stereocenters. The quantitative estimate of drug-likeness (QED) is 0.929. The predicted molar refractivity (Wildman–Crippen MR) is 84.2 cm³/mol. The molecule has 1 aromatic carbocycles. The van der Waals surface area contributed by atoms with Gasteiger partial charge in [0.15, 0.2) is 0 Å². The number of aromatic nitrogens is 1. The van der Waals surface area contributed by atoms with E-state index in [4.69, 9.17) is 16.7 Å². The molecule has 0 aliphatic rings. The Morgan fingerprint density at radius 1 is 1.33 bits per heavy atom. The Kier molecular flexibility index (Phi) is 4.48. The summed E-state index contributed by atoms with van der Waals surface area (Å²) in [7, 11) is 1.92. The number of carboxylic acid groups (broad SMARTS) is 1. The Morgan fingerprint density at radius 3 is 2.62 bits per heavy atom. The summed E-state index contributed by atoms with van der Waals surface area (Å²) in [6.45, 7) is 3.75. The number of hydrogen-bond acceptors (Lipinski definition) is 3. The van der Waals surface area contributed by atoms with E-state index in [0.717, 1.165) is 11.4 Å². The van der Waals surface area contributed by atoms with Crippen molar-refractivity contribution in [1.29, 1.82) is 0 Å². The first kappa shape index (κ1) is 15.3. The second-order valence-corrected chi connectivity index (χ2v) is 5.39. The smallest absolute Gasteiger partial charge is 0.337 e. The van der Waals surface area contributed by atoms with Crippen molar-refractivity contribution < 1.29 is 9.90 Å². The third-order valence-electron chi connectivity index (χ3n) is 3.57. The molecule has 2 rings (SSSR count). The first-order valence-electron chi connectivity index (χ1n) is 6.59. The molecule has 1 N–H and O–H groups in total. The predicted octanol–water partition coefficient (Wildman–Crippen LogP) is 3.94. The summed E-state index contributed by atoms with van der Waals surface area (Å²) in [5, 5.41) is 9.74. The Hall–Kier alpha value is -2.07. The minimum Gasteiger partial charge on any atom is -0.478 e. The van der Waals surface area contributed by atoms with Crippen LogP contribution in [0.15, 0.2) is 36.4 Å². The van der Waals surface area contributed by atoms with Crippen LogP contribution in [0.5, 0.6) is 0 Å². The van der Waals surface area contributed by atoms with Crippen LogP contribution >= 0.6 is 11.6 Å². The minimum atomic E-state index is -0.961. The zero-order valence-corrected chi connectivity index (χ0v) is 12.9. The van der Waals surface area contributed by atoms with E-state index in [0.29, 0.717) is 10.7 Å². The third kappa shape index (κ3) is 3.34. The molecule has 0 fully saturated rings. The van der Waals surface area contributed by atoms with Gasteiger partial charge in [-0.25, -0.2) is 9.78 Å².